The average molecular weight is 199 g/mol. The molecule has 0 saturated carbocycles. The van der Waals surface area contributed by atoms with Gasteiger partial charge in [-0.2, -0.15) is 0 Å². The Labute approximate surface area is 88.5 Å². The summed E-state index contributed by atoms with van der Waals surface area (Å²) in [5.74, 6) is 0.263. The summed E-state index contributed by atoms with van der Waals surface area (Å²) in [7, 11) is 0. The third kappa shape index (κ3) is 4.64. The summed E-state index contributed by atoms with van der Waals surface area (Å²) in [5, 5.41) is 3.02. The van der Waals surface area contributed by atoms with Gasteiger partial charge >= 0.3 is 0 Å². The highest BCUT2D eigenvalue weighted by atomic mass is 16.1. The van der Waals surface area contributed by atoms with Crippen LogP contribution < -0.4 is 5.32 Å². The summed E-state index contributed by atoms with van der Waals surface area (Å²) in [4.78, 5) is 11.4. The molecule has 1 atom stereocenters. The van der Waals surface area contributed by atoms with Crippen molar-refractivity contribution in [2.75, 3.05) is 6.54 Å². The van der Waals surface area contributed by atoms with Crippen LogP contribution in [0.25, 0.3) is 0 Å². The molecule has 14 heavy (non-hydrogen) atoms. The molecule has 1 unspecified atom stereocenters. The van der Waals surface area contributed by atoms with E-state index in [1.165, 1.54) is 12.8 Å². The zero-order chi connectivity index (χ0) is 11.2. The molecule has 0 aromatic heterocycles. The van der Waals surface area contributed by atoms with Gasteiger partial charge in [0, 0.05) is 12.5 Å². The molecule has 0 fully saturated rings. The molecule has 1 amide bonds. The minimum Gasteiger partial charge on any atom is -0.355 e. The van der Waals surface area contributed by atoms with E-state index in [-0.39, 0.29) is 17.2 Å². The summed E-state index contributed by atoms with van der Waals surface area (Å²) in [5.41, 5.74) is 0.277. The molecule has 0 radical (unpaired) electrons. The zero-order valence-electron chi connectivity index (χ0n) is 10.3. The fourth-order valence-corrected chi connectivity index (χ4v) is 1.50. The van der Waals surface area contributed by atoms with E-state index in [9.17, 15) is 4.79 Å². The Morgan fingerprint density at radius 1 is 1.36 bits per heavy atom. The van der Waals surface area contributed by atoms with E-state index in [0.29, 0.717) is 0 Å². The van der Waals surface area contributed by atoms with E-state index in [4.69, 9.17) is 0 Å². The molecule has 0 aliphatic heterocycles. The molecule has 0 aromatic carbocycles. The van der Waals surface area contributed by atoms with Crippen molar-refractivity contribution < 1.29 is 4.79 Å². The molecular formula is C12H25NO. The summed E-state index contributed by atoms with van der Waals surface area (Å²) in [6, 6.07) is 0. The fourth-order valence-electron chi connectivity index (χ4n) is 1.50. The Morgan fingerprint density at radius 3 is 2.29 bits per heavy atom. The van der Waals surface area contributed by atoms with Crippen LogP contribution in [0, 0.1) is 11.3 Å². The number of rotatable bonds is 6. The van der Waals surface area contributed by atoms with Crippen LogP contribution in [0.1, 0.15) is 53.9 Å². The van der Waals surface area contributed by atoms with Crippen LogP contribution in [-0.4, -0.2) is 12.5 Å². The molecule has 0 heterocycles. The fraction of sp³-hybridized carbons (Fsp3) is 0.917. The Morgan fingerprint density at radius 2 is 1.93 bits per heavy atom. The van der Waals surface area contributed by atoms with E-state index in [1.54, 1.807) is 0 Å². The van der Waals surface area contributed by atoms with Crippen molar-refractivity contribution in [2.45, 2.75) is 53.9 Å². The van der Waals surface area contributed by atoms with Gasteiger partial charge in [0.15, 0.2) is 0 Å². The third-order valence-electron chi connectivity index (χ3n) is 2.92. The van der Waals surface area contributed by atoms with Gasteiger partial charge in [0.2, 0.25) is 5.91 Å². The minimum atomic E-state index is 0.0951. The molecule has 0 aliphatic carbocycles. The number of nitrogens with one attached hydrogen (secondary N) is 1. The first-order valence-corrected chi connectivity index (χ1v) is 5.73. The van der Waals surface area contributed by atoms with Crippen molar-refractivity contribution in [2.24, 2.45) is 11.3 Å². The van der Waals surface area contributed by atoms with Crippen molar-refractivity contribution >= 4 is 5.91 Å². The van der Waals surface area contributed by atoms with E-state index in [2.05, 4.69) is 26.1 Å². The molecule has 0 bridgehead atoms. The molecule has 0 spiro atoms. The maximum absolute atomic E-state index is 11.4. The molecule has 84 valence electrons. The van der Waals surface area contributed by atoms with Gasteiger partial charge in [0.05, 0.1) is 0 Å². The number of carbonyl (C=O) groups excluding carboxylic acids is 1. The molecule has 0 aromatic rings. The van der Waals surface area contributed by atoms with E-state index in [0.717, 1.165) is 13.0 Å². The van der Waals surface area contributed by atoms with Crippen molar-refractivity contribution in [1.29, 1.82) is 0 Å². The summed E-state index contributed by atoms with van der Waals surface area (Å²) >= 11 is 0. The van der Waals surface area contributed by atoms with E-state index >= 15 is 0 Å². The summed E-state index contributed by atoms with van der Waals surface area (Å²) in [6.45, 7) is 11.3. The number of hydrogen-bond acceptors (Lipinski definition) is 1. The second-order valence-corrected chi connectivity index (χ2v) is 4.79. The van der Waals surface area contributed by atoms with Crippen molar-refractivity contribution in [3.05, 3.63) is 0 Å². The van der Waals surface area contributed by atoms with Crippen molar-refractivity contribution in [1.82, 2.24) is 5.32 Å². The Kier molecular flexibility index (Phi) is 5.82. The van der Waals surface area contributed by atoms with Gasteiger partial charge in [-0.3, -0.25) is 4.79 Å². The van der Waals surface area contributed by atoms with Crippen LogP contribution >= 0.6 is 0 Å². The summed E-state index contributed by atoms with van der Waals surface area (Å²) in [6.07, 6.45) is 3.49. The molecule has 0 saturated heterocycles. The van der Waals surface area contributed by atoms with E-state index in [1.807, 2.05) is 13.8 Å². The number of amides is 1. The monoisotopic (exact) mass is 199 g/mol. The lowest BCUT2D eigenvalue weighted by Gasteiger charge is -2.28. The van der Waals surface area contributed by atoms with Crippen molar-refractivity contribution in [3.8, 4) is 0 Å². The third-order valence-corrected chi connectivity index (χ3v) is 2.92. The predicted octanol–water partition coefficient (Wildman–Crippen LogP) is 2.98. The predicted molar refractivity (Wildman–Crippen MR) is 61.2 cm³/mol. The van der Waals surface area contributed by atoms with Crippen LogP contribution in [0.3, 0.4) is 0 Å². The highest BCUT2D eigenvalue weighted by Gasteiger charge is 2.21. The van der Waals surface area contributed by atoms with Crippen LogP contribution in [0.4, 0.5) is 0 Å². The maximum atomic E-state index is 11.4. The van der Waals surface area contributed by atoms with Gasteiger partial charge in [-0.15, -0.1) is 0 Å². The van der Waals surface area contributed by atoms with Crippen LogP contribution in [0.5, 0.6) is 0 Å². The lowest BCUT2D eigenvalue weighted by Crippen LogP contribution is -2.37. The molecule has 0 aliphatic rings. The van der Waals surface area contributed by atoms with Crippen LogP contribution in [0.2, 0.25) is 0 Å². The Bertz CT molecular complexity index is 177. The molecule has 2 heteroatoms. The van der Waals surface area contributed by atoms with Crippen molar-refractivity contribution in [3.63, 3.8) is 0 Å². The number of carbonyl (C=O) groups is 1. The highest BCUT2D eigenvalue weighted by molar-refractivity contribution is 5.77. The van der Waals surface area contributed by atoms with Crippen LogP contribution in [0.15, 0.2) is 0 Å². The van der Waals surface area contributed by atoms with Gasteiger partial charge in [-0.05, 0) is 18.3 Å². The van der Waals surface area contributed by atoms with Gasteiger partial charge in [0.1, 0.15) is 0 Å². The van der Waals surface area contributed by atoms with Gasteiger partial charge < -0.3 is 5.32 Å². The molecule has 1 N–H and O–H groups in total. The van der Waals surface area contributed by atoms with E-state index < -0.39 is 0 Å². The first kappa shape index (κ1) is 13.5. The molecular weight excluding hydrogens is 174 g/mol. The first-order chi connectivity index (χ1) is 6.45. The normalized spacial score (nSPS) is 15.3. The average Bonchev–Trinajstić information content (AvgIpc) is 2.14. The standard InChI is InChI=1S/C12H25NO/c1-6-8-12(5,7-2)9-13-11(14)10(3)4/h10H,6-9H2,1-5H3,(H,13,14). The first-order valence-electron chi connectivity index (χ1n) is 5.73. The topological polar surface area (TPSA) is 29.1 Å². The lowest BCUT2D eigenvalue weighted by molar-refractivity contribution is -0.124. The Hall–Kier alpha value is -0.530. The summed E-state index contributed by atoms with van der Waals surface area (Å²) < 4.78 is 0. The lowest BCUT2D eigenvalue weighted by atomic mass is 9.83. The second kappa shape index (κ2) is 6.05. The minimum absolute atomic E-state index is 0.0951. The maximum Gasteiger partial charge on any atom is 0.222 e. The highest BCUT2D eigenvalue weighted by Crippen LogP contribution is 2.26. The van der Waals surface area contributed by atoms with Gasteiger partial charge in [-0.25, -0.2) is 0 Å². The van der Waals surface area contributed by atoms with Gasteiger partial charge in [0.25, 0.3) is 0 Å². The zero-order valence-corrected chi connectivity index (χ0v) is 10.3. The molecule has 0 rings (SSSR count). The quantitative estimate of drug-likeness (QED) is 0.700. The van der Waals surface area contributed by atoms with Crippen LogP contribution in [-0.2, 0) is 4.79 Å². The number of hydrogen-bond donors (Lipinski definition) is 1. The largest absolute Gasteiger partial charge is 0.355 e. The molecule has 2 nitrogen and oxygen atoms in total. The SMILES string of the molecule is CCCC(C)(CC)CNC(=O)C(C)C. The smallest absolute Gasteiger partial charge is 0.222 e. The van der Waals surface area contributed by atoms with Gasteiger partial charge in [-0.1, -0.05) is 41.0 Å². The second-order valence-electron chi connectivity index (χ2n) is 4.79. The Balaban J connectivity index is 4.00.